The molecule has 0 amide bonds. The molecule has 0 spiro atoms. The average molecular weight is 352 g/mol. The van der Waals surface area contributed by atoms with E-state index in [-0.39, 0.29) is 5.92 Å². The van der Waals surface area contributed by atoms with Crippen molar-refractivity contribution in [3.63, 3.8) is 0 Å². The molecule has 0 aromatic rings. The summed E-state index contributed by atoms with van der Waals surface area (Å²) in [5.41, 5.74) is 0. The summed E-state index contributed by atoms with van der Waals surface area (Å²) in [4.78, 5) is 10.0. The molecule has 0 aliphatic carbocycles. The minimum Gasteiger partial charge on any atom is -0.303 e. The van der Waals surface area contributed by atoms with Crippen molar-refractivity contribution in [3.8, 4) is 6.07 Å². The van der Waals surface area contributed by atoms with Crippen LogP contribution in [-0.4, -0.2) is 6.29 Å². The van der Waals surface area contributed by atoms with E-state index in [2.05, 4.69) is 19.9 Å². The van der Waals surface area contributed by atoms with Gasteiger partial charge in [0, 0.05) is 12.3 Å². The number of nitrogens with zero attached hydrogens (tertiary/aromatic N) is 1. The predicted molar refractivity (Wildman–Crippen MR) is 111 cm³/mol. The Morgan fingerprint density at radius 3 is 1.52 bits per heavy atom. The Hall–Kier alpha value is -0.840. The molecule has 25 heavy (non-hydrogen) atoms. The minimum absolute atomic E-state index is 0.260. The maximum atomic E-state index is 10.0. The lowest BCUT2D eigenvalue weighted by molar-refractivity contribution is -0.107. The molecule has 1 atom stereocenters. The van der Waals surface area contributed by atoms with Gasteiger partial charge < -0.3 is 4.79 Å². The first-order valence-corrected chi connectivity index (χ1v) is 11.1. The smallest absolute Gasteiger partial charge is 0.119 e. The third-order valence-corrected chi connectivity index (χ3v) is 4.64. The number of carbonyl (C=O) groups excluding carboxylic acids is 1. The van der Waals surface area contributed by atoms with Gasteiger partial charge in [0.1, 0.15) is 6.29 Å². The fourth-order valence-electron chi connectivity index (χ4n) is 2.83. The zero-order chi connectivity index (χ0) is 19.0. The second-order valence-electron chi connectivity index (χ2n) is 7.37. The summed E-state index contributed by atoms with van der Waals surface area (Å²) in [6, 6.07) is 2.27. The van der Waals surface area contributed by atoms with Crippen LogP contribution in [0.5, 0.6) is 0 Å². The van der Waals surface area contributed by atoms with Crippen molar-refractivity contribution < 1.29 is 4.79 Å². The van der Waals surface area contributed by atoms with Gasteiger partial charge in [0.15, 0.2) is 0 Å². The fourth-order valence-corrected chi connectivity index (χ4v) is 2.83. The molecule has 0 N–H and O–H groups in total. The van der Waals surface area contributed by atoms with Gasteiger partial charge in [-0.05, 0) is 19.8 Å². The Morgan fingerprint density at radius 2 is 1.12 bits per heavy atom. The van der Waals surface area contributed by atoms with Gasteiger partial charge in [0.05, 0.1) is 6.07 Å². The third kappa shape index (κ3) is 28.2. The summed E-state index contributed by atoms with van der Waals surface area (Å²) in [5.74, 6) is 0.260. The second-order valence-corrected chi connectivity index (χ2v) is 7.37. The molecule has 0 saturated heterocycles. The van der Waals surface area contributed by atoms with Crippen molar-refractivity contribution in [1.82, 2.24) is 0 Å². The van der Waals surface area contributed by atoms with E-state index in [1.807, 2.05) is 6.92 Å². The van der Waals surface area contributed by atoms with Crippen LogP contribution < -0.4 is 0 Å². The van der Waals surface area contributed by atoms with Gasteiger partial charge in [-0.25, -0.2) is 0 Å². The summed E-state index contributed by atoms with van der Waals surface area (Å²) in [7, 11) is 0. The van der Waals surface area contributed by atoms with Crippen LogP contribution in [0.2, 0.25) is 0 Å². The first-order chi connectivity index (χ1) is 12.2. The number of nitriles is 1. The highest BCUT2D eigenvalue weighted by Gasteiger charge is 1.97. The SMILES string of the molecule is CCCCCCCCC(C)C#N.CCCCCCCCCCCC=O. The monoisotopic (exact) mass is 351 g/mol. The lowest BCUT2D eigenvalue weighted by Gasteiger charge is -2.01. The number of rotatable bonds is 17. The molecule has 2 heteroatoms. The number of carbonyl (C=O) groups is 1. The summed E-state index contributed by atoms with van der Waals surface area (Å²) >= 11 is 0. The van der Waals surface area contributed by atoms with E-state index in [1.165, 1.54) is 89.9 Å². The van der Waals surface area contributed by atoms with Crippen LogP contribution in [0, 0.1) is 17.2 Å². The quantitative estimate of drug-likeness (QED) is 0.197. The van der Waals surface area contributed by atoms with Crippen molar-refractivity contribution in [3.05, 3.63) is 0 Å². The van der Waals surface area contributed by atoms with E-state index < -0.39 is 0 Å². The van der Waals surface area contributed by atoms with E-state index in [4.69, 9.17) is 5.26 Å². The van der Waals surface area contributed by atoms with E-state index in [0.717, 1.165) is 25.5 Å². The van der Waals surface area contributed by atoms with Gasteiger partial charge in [0.25, 0.3) is 0 Å². The maximum Gasteiger partial charge on any atom is 0.119 e. The van der Waals surface area contributed by atoms with Gasteiger partial charge in [-0.1, -0.05) is 104 Å². The molecular formula is C23H45NO. The van der Waals surface area contributed by atoms with Crippen LogP contribution in [0.4, 0.5) is 0 Å². The number of hydrogen-bond acceptors (Lipinski definition) is 2. The molecule has 0 aromatic carbocycles. The topological polar surface area (TPSA) is 40.9 Å². The summed E-state index contributed by atoms with van der Waals surface area (Å²) in [6.45, 7) is 6.49. The van der Waals surface area contributed by atoms with Crippen LogP contribution in [-0.2, 0) is 4.79 Å². The molecule has 0 bridgehead atoms. The first kappa shape index (κ1) is 26.4. The molecule has 0 aliphatic heterocycles. The highest BCUT2D eigenvalue weighted by Crippen LogP contribution is 2.11. The number of unbranched alkanes of at least 4 members (excludes halogenated alkanes) is 14. The Labute approximate surface area is 158 Å². The van der Waals surface area contributed by atoms with Gasteiger partial charge in [-0.15, -0.1) is 0 Å². The molecular weight excluding hydrogens is 306 g/mol. The number of hydrogen-bond donors (Lipinski definition) is 0. The van der Waals surface area contributed by atoms with Crippen molar-refractivity contribution >= 4 is 6.29 Å². The zero-order valence-corrected chi connectivity index (χ0v) is 17.5. The molecule has 0 saturated carbocycles. The van der Waals surface area contributed by atoms with Gasteiger partial charge in [0.2, 0.25) is 0 Å². The van der Waals surface area contributed by atoms with Crippen LogP contribution in [0.15, 0.2) is 0 Å². The molecule has 0 heterocycles. The molecule has 2 nitrogen and oxygen atoms in total. The average Bonchev–Trinajstić information content (AvgIpc) is 2.63. The van der Waals surface area contributed by atoms with E-state index >= 15 is 0 Å². The Kier molecular flexibility index (Phi) is 26.8. The molecule has 0 aromatic heterocycles. The molecule has 0 aliphatic rings. The molecule has 0 rings (SSSR count). The summed E-state index contributed by atoms with van der Waals surface area (Å²) < 4.78 is 0. The first-order valence-electron chi connectivity index (χ1n) is 11.1. The van der Waals surface area contributed by atoms with Crippen LogP contribution in [0.25, 0.3) is 0 Å². The molecule has 0 fully saturated rings. The van der Waals surface area contributed by atoms with Crippen molar-refractivity contribution in [1.29, 1.82) is 5.26 Å². The molecule has 148 valence electrons. The summed E-state index contributed by atoms with van der Waals surface area (Å²) in [5, 5.41) is 8.53. The second kappa shape index (κ2) is 25.4. The fraction of sp³-hybridized carbons (Fsp3) is 0.913. The zero-order valence-electron chi connectivity index (χ0n) is 17.5. The van der Waals surface area contributed by atoms with Crippen LogP contribution in [0.1, 0.15) is 130 Å². The van der Waals surface area contributed by atoms with Crippen LogP contribution in [0.3, 0.4) is 0 Å². The normalized spacial score (nSPS) is 11.3. The molecule has 0 radical (unpaired) electrons. The van der Waals surface area contributed by atoms with E-state index in [1.54, 1.807) is 0 Å². The van der Waals surface area contributed by atoms with Crippen molar-refractivity contribution in [2.24, 2.45) is 5.92 Å². The Bertz CT molecular complexity index is 282. The van der Waals surface area contributed by atoms with Crippen LogP contribution >= 0.6 is 0 Å². The van der Waals surface area contributed by atoms with E-state index in [9.17, 15) is 4.79 Å². The summed E-state index contributed by atoms with van der Waals surface area (Å²) in [6.07, 6.45) is 22.8. The number of aldehydes is 1. The van der Waals surface area contributed by atoms with Crippen molar-refractivity contribution in [2.75, 3.05) is 0 Å². The van der Waals surface area contributed by atoms with E-state index in [0.29, 0.717) is 0 Å². The van der Waals surface area contributed by atoms with Gasteiger partial charge in [-0.3, -0.25) is 0 Å². The lowest BCUT2D eigenvalue weighted by atomic mass is 10.0. The predicted octanol–water partition coefficient (Wildman–Crippen LogP) is 8.00. The Balaban J connectivity index is 0. The van der Waals surface area contributed by atoms with Gasteiger partial charge >= 0.3 is 0 Å². The minimum atomic E-state index is 0.260. The Morgan fingerprint density at radius 1 is 0.720 bits per heavy atom. The molecule has 1 unspecified atom stereocenters. The lowest BCUT2D eigenvalue weighted by Crippen LogP contribution is -1.89. The highest BCUT2D eigenvalue weighted by molar-refractivity contribution is 5.48. The van der Waals surface area contributed by atoms with Crippen molar-refractivity contribution in [2.45, 2.75) is 130 Å². The maximum absolute atomic E-state index is 10.0. The largest absolute Gasteiger partial charge is 0.303 e. The third-order valence-electron chi connectivity index (χ3n) is 4.64. The standard InChI is InChI=1S/C12H24O.C11H21N/c1-2-3-4-5-6-7-8-9-10-11-12-13;1-3-4-5-6-7-8-9-11(2)10-12/h12H,2-11H2,1H3;11H,3-9H2,1-2H3. The van der Waals surface area contributed by atoms with Gasteiger partial charge in [-0.2, -0.15) is 5.26 Å². The highest BCUT2D eigenvalue weighted by atomic mass is 16.1.